The van der Waals surface area contributed by atoms with Crippen molar-refractivity contribution in [2.45, 2.75) is 32.2 Å². The Morgan fingerprint density at radius 2 is 1.71 bits per heavy atom. The van der Waals surface area contributed by atoms with E-state index in [4.69, 9.17) is 4.74 Å². The van der Waals surface area contributed by atoms with Gasteiger partial charge in [0.1, 0.15) is 12.4 Å². The highest BCUT2D eigenvalue weighted by Gasteiger charge is 2.17. The van der Waals surface area contributed by atoms with E-state index in [0.717, 1.165) is 22.4 Å². The summed E-state index contributed by atoms with van der Waals surface area (Å²) in [5.41, 5.74) is 0.907. The highest BCUT2D eigenvalue weighted by atomic mass is 32.2. The number of benzene rings is 2. The standard InChI is InChI=1S/C21H24N4O2S/c1-3-24(17-11-7-5-8-12-17)20(26)16-28-21-23-22-19(25(21)4-2)15-27-18-13-9-6-10-14-18/h5-14H,3-4,15-16H2,1-2H3. The van der Waals surface area contributed by atoms with Gasteiger partial charge in [-0.15, -0.1) is 10.2 Å². The normalized spacial score (nSPS) is 10.6. The summed E-state index contributed by atoms with van der Waals surface area (Å²) in [4.78, 5) is 14.5. The first-order chi connectivity index (χ1) is 13.7. The maximum absolute atomic E-state index is 12.7. The van der Waals surface area contributed by atoms with Crippen molar-refractivity contribution in [1.29, 1.82) is 0 Å². The number of thioether (sulfide) groups is 1. The second-order valence-corrected chi connectivity index (χ2v) is 6.95. The zero-order valence-corrected chi connectivity index (χ0v) is 16.9. The summed E-state index contributed by atoms with van der Waals surface area (Å²) in [6.07, 6.45) is 0. The van der Waals surface area contributed by atoms with Crippen molar-refractivity contribution in [2.24, 2.45) is 0 Å². The van der Waals surface area contributed by atoms with Crippen molar-refractivity contribution in [2.75, 3.05) is 17.2 Å². The average Bonchev–Trinajstić information content (AvgIpc) is 3.14. The van der Waals surface area contributed by atoms with Crippen LogP contribution in [0.4, 0.5) is 5.69 Å². The molecule has 2 aromatic carbocycles. The lowest BCUT2D eigenvalue weighted by Crippen LogP contribution is -2.32. The molecule has 0 spiro atoms. The summed E-state index contributed by atoms with van der Waals surface area (Å²) in [5, 5.41) is 9.23. The molecule has 0 N–H and O–H groups in total. The SMILES string of the molecule is CCN(C(=O)CSc1nnc(COc2ccccc2)n1CC)c1ccccc1. The van der Waals surface area contributed by atoms with E-state index in [2.05, 4.69) is 10.2 Å². The molecule has 0 radical (unpaired) electrons. The summed E-state index contributed by atoms with van der Waals surface area (Å²) in [5.74, 6) is 1.89. The molecule has 3 rings (SSSR count). The summed E-state index contributed by atoms with van der Waals surface area (Å²) < 4.78 is 7.76. The van der Waals surface area contributed by atoms with Crippen molar-refractivity contribution < 1.29 is 9.53 Å². The molecule has 0 bridgehead atoms. The molecule has 0 aliphatic heterocycles. The van der Waals surface area contributed by atoms with E-state index in [-0.39, 0.29) is 5.91 Å². The molecule has 0 saturated carbocycles. The first-order valence-corrected chi connectivity index (χ1v) is 10.3. The van der Waals surface area contributed by atoms with Gasteiger partial charge in [0.2, 0.25) is 5.91 Å². The lowest BCUT2D eigenvalue weighted by molar-refractivity contribution is -0.116. The lowest BCUT2D eigenvalue weighted by Gasteiger charge is -2.20. The monoisotopic (exact) mass is 396 g/mol. The summed E-state index contributed by atoms with van der Waals surface area (Å²) in [7, 11) is 0. The minimum absolute atomic E-state index is 0.0476. The molecule has 3 aromatic rings. The quantitative estimate of drug-likeness (QED) is 0.511. The highest BCUT2D eigenvalue weighted by molar-refractivity contribution is 7.99. The van der Waals surface area contributed by atoms with Gasteiger partial charge in [-0.2, -0.15) is 0 Å². The highest BCUT2D eigenvalue weighted by Crippen LogP contribution is 2.21. The third kappa shape index (κ3) is 4.92. The second kappa shape index (κ2) is 9.94. The van der Waals surface area contributed by atoms with Gasteiger partial charge in [0.15, 0.2) is 11.0 Å². The van der Waals surface area contributed by atoms with Crippen LogP contribution in [0.15, 0.2) is 65.8 Å². The van der Waals surface area contributed by atoms with Gasteiger partial charge in [-0.05, 0) is 38.1 Å². The van der Waals surface area contributed by atoms with Crippen LogP contribution in [-0.2, 0) is 17.9 Å². The minimum atomic E-state index is 0.0476. The second-order valence-electron chi connectivity index (χ2n) is 6.01. The van der Waals surface area contributed by atoms with Crippen LogP contribution in [0.2, 0.25) is 0 Å². The summed E-state index contributed by atoms with van der Waals surface area (Å²) in [6, 6.07) is 19.3. The van der Waals surface area contributed by atoms with E-state index in [1.54, 1.807) is 4.90 Å². The molecule has 28 heavy (non-hydrogen) atoms. The molecule has 0 aliphatic carbocycles. The molecule has 6 nitrogen and oxygen atoms in total. The van der Waals surface area contributed by atoms with E-state index in [0.29, 0.717) is 25.4 Å². The fourth-order valence-electron chi connectivity index (χ4n) is 2.83. The Balaban J connectivity index is 1.62. The van der Waals surface area contributed by atoms with Crippen LogP contribution in [0, 0.1) is 0 Å². The number of rotatable bonds is 9. The number of hydrogen-bond acceptors (Lipinski definition) is 5. The van der Waals surface area contributed by atoms with Crippen LogP contribution < -0.4 is 9.64 Å². The number of hydrogen-bond donors (Lipinski definition) is 0. The van der Waals surface area contributed by atoms with E-state index in [1.165, 1.54) is 11.8 Å². The first-order valence-electron chi connectivity index (χ1n) is 9.31. The zero-order chi connectivity index (χ0) is 19.8. The van der Waals surface area contributed by atoms with Gasteiger partial charge in [-0.1, -0.05) is 48.2 Å². The third-order valence-electron chi connectivity index (χ3n) is 4.23. The fraction of sp³-hybridized carbons (Fsp3) is 0.286. The molecule has 7 heteroatoms. The van der Waals surface area contributed by atoms with Gasteiger partial charge in [0.05, 0.1) is 5.75 Å². The number of carbonyl (C=O) groups is 1. The maximum atomic E-state index is 12.7. The number of aromatic nitrogens is 3. The molecule has 0 unspecified atom stereocenters. The number of amides is 1. The van der Waals surface area contributed by atoms with Crippen LogP contribution >= 0.6 is 11.8 Å². The Morgan fingerprint density at radius 1 is 1.04 bits per heavy atom. The van der Waals surface area contributed by atoms with Gasteiger partial charge in [0.25, 0.3) is 0 Å². The van der Waals surface area contributed by atoms with Crippen LogP contribution in [0.1, 0.15) is 19.7 Å². The maximum Gasteiger partial charge on any atom is 0.237 e. The Kier molecular flexibility index (Phi) is 7.08. The van der Waals surface area contributed by atoms with Gasteiger partial charge in [0, 0.05) is 18.8 Å². The Morgan fingerprint density at radius 3 is 2.36 bits per heavy atom. The van der Waals surface area contributed by atoms with Gasteiger partial charge in [-0.25, -0.2) is 0 Å². The molecule has 0 fully saturated rings. The molecule has 1 heterocycles. The zero-order valence-electron chi connectivity index (χ0n) is 16.1. The molecule has 146 valence electrons. The molecule has 0 atom stereocenters. The van der Waals surface area contributed by atoms with Crippen molar-refractivity contribution in [1.82, 2.24) is 14.8 Å². The van der Waals surface area contributed by atoms with Crippen molar-refractivity contribution in [3.8, 4) is 5.75 Å². The molecular weight excluding hydrogens is 372 g/mol. The lowest BCUT2D eigenvalue weighted by atomic mass is 10.3. The average molecular weight is 397 g/mol. The third-order valence-corrected chi connectivity index (χ3v) is 5.18. The Bertz CT molecular complexity index is 884. The van der Waals surface area contributed by atoms with E-state index >= 15 is 0 Å². The number of ether oxygens (including phenoxy) is 1. The van der Waals surface area contributed by atoms with E-state index in [1.807, 2.05) is 79.1 Å². The van der Waals surface area contributed by atoms with Crippen molar-refractivity contribution >= 4 is 23.4 Å². The molecule has 0 aliphatic rings. The van der Waals surface area contributed by atoms with Gasteiger partial charge in [-0.3, -0.25) is 4.79 Å². The van der Waals surface area contributed by atoms with Crippen LogP contribution in [-0.4, -0.2) is 33.0 Å². The Hall–Kier alpha value is -2.80. The predicted molar refractivity (Wildman–Crippen MR) is 112 cm³/mol. The summed E-state index contributed by atoms with van der Waals surface area (Å²) >= 11 is 1.40. The van der Waals surface area contributed by atoms with Crippen LogP contribution in [0.25, 0.3) is 0 Å². The molecular formula is C21H24N4O2S. The van der Waals surface area contributed by atoms with Crippen LogP contribution in [0.5, 0.6) is 5.75 Å². The number of para-hydroxylation sites is 2. The summed E-state index contributed by atoms with van der Waals surface area (Å²) in [6.45, 7) is 5.68. The molecule has 0 saturated heterocycles. The van der Waals surface area contributed by atoms with Gasteiger partial charge >= 0.3 is 0 Å². The Labute approximate surface area is 169 Å². The number of carbonyl (C=O) groups excluding carboxylic acids is 1. The topological polar surface area (TPSA) is 60.3 Å². The molecule has 1 aromatic heterocycles. The predicted octanol–water partition coefficient (Wildman–Crippen LogP) is 4.02. The van der Waals surface area contributed by atoms with Gasteiger partial charge < -0.3 is 14.2 Å². The minimum Gasteiger partial charge on any atom is -0.486 e. The fourth-order valence-corrected chi connectivity index (χ4v) is 3.73. The van der Waals surface area contributed by atoms with Crippen LogP contribution in [0.3, 0.4) is 0 Å². The van der Waals surface area contributed by atoms with Crippen molar-refractivity contribution in [3.05, 3.63) is 66.5 Å². The molecule has 1 amide bonds. The largest absolute Gasteiger partial charge is 0.486 e. The number of nitrogens with zero attached hydrogens (tertiary/aromatic N) is 4. The van der Waals surface area contributed by atoms with Crippen molar-refractivity contribution in [3.63, 3.8) is 0 Å². The number of anilines is 1. The van der Waals surface area contributed by atoms with E-state index in [9.17, 15) is 4.79 Å². The first kappa shape index (κ1) is 19.9. The smallest absolute Gasteiger partial charge is 0.237 e. The van der Waals surface area contributed by atoms with E-state index < -0.39 is 0 Å².